The third-order valence-electron chi connectivity index (χ3n) is 12.9. The highest BCUT2D eigenvalue weighted by atomic mass is 16.2. The van der Waals surface area contributed by atoms with Crippen LogP contribution in [0.15, 0.2) is 84.9 Å². The normalized spacial score (nSPS) is 12.7. The SMILES string of the molecule is C[C@@H](C(=O)N(C)[C@@H](C)C(=O)N(C)[C@@H](C)C(=O)N(CCCCN(C)C(=O)c1ccc(-c2nc3cc(-c4ccc5[nH]c(-c6ccc(C(=O)NCCN(C)C)cc6)nc5c4)ccc3[nH]2)cc1)CC(N)=O)N(C)C. The molecule has 6 amide bonds. The summed E-state index contributed by atoms with van der Waals surface area (Å²) in [4.78, 5) is 104. The maximum absolute atomic E-state index is 13.6. The Kier molecular flexibility index (Phi) is 16.9. The number of rotatable bonds is 21. The van der Waals surface area contributed by atoms with Crippen LogP contribution in [0.3, 0.4) is 0 Å². The Labute approximate surface area is 409 Å². The van der Waals surface area contributed by atoms with E-state index >= 15 is 0 Å². The van der Waals surface area contributed by atoms with Gasteiger partial charge in [-0.25, -0.2) is 9.97 Å². The molecular weight excluding hydrogens is 889 g/mol. The van der Waals surface area contributed by atoms with Crippen molar-refractivity contribution in [3.8, 4) is 33.9 Å². The van der Waals surface area contributed by atoms with Crippen molar-refractivity contribution in [3.63, 3.8) is 0 Å². The van der Waals surface area contributed by atoms with Gasteiger partial charge < -0.3 is 45.5 Å². The van der Waals surface area contributed by atoms with E-state index in [1.807, 2.05) is 79.7 Å². The molecule has 0 bridgehead atoms. The molecule has 0 aliphatic rings. The maximum Gasteiger partial charge on any atom is 0.253 e. The lowest BCUT2D eigenvalue weighted by atomic mass is 10.0. The number of unbranched alkanes of at least 4 members (excludes halogenated alkanes) is 1. The van der Waals surface area contributed by atoms with Crippen molar-refractivity contribution in [1.82, 2.24) is 54.7 Å². The molecule has 0 saturated carbocycles. The number of fused-ring (bicyclic) bond motifs is 2. The van der Waals surface area contributed by atoms with E-state index in [9.17, 15) is 28.8 Å². The van der Waals surface area contributed by atoms with Crippen LogP contribution in [0.25, 0.3) is 56.0 Å². The number of nitrogens with zero attached hydrogens (tertiary/aromatic N) is 8. The first-order valence-corrected chi connectivity index (χ1v) is 23.4. The highest BCUT2D eigenvalue weighted by Crippen LogP contribution is 2.30. The molecule has 0 spiro atoms. The average Bonchev–Trinajstić information content (AvgIpc) is 3.99. The quantitative estimate of drug-likeness (QED) is 0.0739. The number of likely N-dealkylation sites (N-methyl/N-ethyl adjacent to an activating group) is 4. The van der Waals surface area contributed by atoms with E-state index in [-0.39, 0.29) is 30.8 Å². The zero-order valence-corrected chi connectivity index (χ0v) is 41.9. The van der Waals surface area contributed by atoms with Gasteiger partial charge in [-0.05, 0) is 121 Å². The van der Waals surface area contributed by atoms with Crippen LogP contribution in [0.2, 0.25) is 0 Å². The number of nitrogens with two attached hydrogens (primary N) is 1. The molecule has 70 heavy (non-hydrogen) atoms. The predicted molar refractivity (Wildman–Crippen MR) is 273 cm³/mol. The van der Waals surface area contributed by atoms with Gasteiger partial charge in [-0.15, -0.1) is 0 Å². The molecule has 0 radical (unpaired) electrons. The summed E-state index contributed by atoms with van der Waals surface area (Å²) < 4.78 is 0. The first kappa shape index (κ1) is 51.9. The molecule has 0 saturated heterocycles. The number of primary amides is 1. The molecule has 0 aliphatic carbocycles. The summed E-state index contributed by atoms with van der Waals surface area (Å²) in [6.07, 6.45) is 1.00. The monoisotopic (exact) mass is 955 g/mol. The van der Waals surface area contributed by atoms with Gasteiger partial charge in [0.1, 0.15) is 23.7 Å². The van der Waals surface area contributed by atoms with Crippen LogP contribution in [0.5, 0.6) is 0 Å². The van der Waals surface area contributed by atoms with Gasteiger partial charge in [-0.2, -0.15) is 0 Å². The summed E-state index contributed by atoms with van der Waals surface area (Å²) in [5, 5.41) is 2.94. The minimum atomic E-state index is -0.926. The molecule has 5 N–H and O–H groups in total. The second-order valence-corrected chi connectivity index (χ2v) is 18.4. The van der Waals surface area contributed by atoms with E-state index in [0.717, 1.165) is 50.9 Å². The molecule has 370 valence electrons. The zero-order chi connectivity index (χ0) is 51.0. The summed E-state index contributed by atoms with van der Waals surface area (Å²) in [5.41, 5.74) is 13.6. The Morgan fingerprint density at radius 2 is 1.03 bits per heavy atom. The number of H-pyrrole nitrogens is 2. The van der Waals surface area contributed by atoms with Crippen LogP contribution in [0.1, 0.15) is 54.3 Å². The van der Waals surface area contributed by atoms with Gasteiger partial charge in [0.05, 0.1) is 34.7 Å². The number of hydrogen-bond acceptors (Lipinski definition) is 10. The lowest BCUT2D eigenvalue weighted by Gasteiger charge is -2.35. The molecule has 3 atom stereocenters. The molecule has 4 aromatic carbocycles. The lowest BCUT2D eigenvalue weighted by Crippen LogP contribution is -2.56. The lowest BCUT2D eigenvalue weighted by molar-refractivity contribution is -0.150. The van der Waals surface area contributed by atoms with Crippen LogP contribution >= 0.6 is 0 Å². The van der Waals surface area contributed by atoms with Crippen molar-refractivity contribution >= 4 is 57.5 Å². The second-order valence-electron chi connectivity index (χ2n) is 18.4. The predicted octanol–water partition coefficient (Wildman–Crippen LogP) is 4.54. The van der Waals surface area contributed by atoms with Crippen molar-refractivity contribution in [2.45, 2.75) is 51.7 Å². The average molecular weight is 955 g/mol. The number of imidazole rings is 2. The number of aromatic nitrogens is 4. The Balaban J connectivity index is 1.02. The van der Waals surface area contributed by atoms with Crippen LogP contribution in [-0.4, -0.2) is 185 Å². The van der Waals surface area contributed by atoms with Gasteiger partial charge in [-0.1, -0.05) is 36.4 Å². The van der Waals surface area contributed by atoms with E-state index in [1.165, 1.54) is 21.7 Å². The zero-order valence-electron chi connectivity index (χ0n) is 41.9. The molecule has 2 heterocycles. The number of benzene rings is 4. The fourth-order valence-corrected chi connectivity index (χ4v) is 7.91. The summed E-state index contributed by atoms with van der Waals surface area (Å²) in [6.45, 7) is 6.53. The molecule has 18 nitrogen and oxygen atoms in total. The fraction of sp³-hybridized carbons (Fsp3) is 0.385. The number of hydrogen-bond donors (Lipinski definition) is 4. The molecular formula is C52H66N12O6. The number of nitrogens with one attached hydrogen (secondary N) is 3. The Hall–Kier alpha value is -7.44. The van der Waals surface area contributed by atoms with Crippen molar-refractivity contribution in [2.24, 2.45) is 5.73 Å². The third kappa shape index (κ3) is 12.4. The van der Waals surface area contributed by atoms with E-state index in [2.05, 4.69) is 15.3 Å². The Morgan fingerprint density at radius 3 is 1.51 bits per heavy atom. The highest BCUT2D eigenvalue weighted by molar-refractivity contribution is 5.96. The van der Waals surface area contributed by atoms with Crippen LogP contribution in [-0.2, 0) is 19.2 Å². The Bertz CT molecular complexity index is 2840. The van der Waals surface area contributed by atoms with Gasteiger partial charge in [0.25, 0.3) is 11.8 Å². The van der Waals surface area contributed by atoms with Crippen LogP contribution in [0, 0.1) is 0 Å². The van der Waals surface area contributed by atoms with Crippen molar-refractivity contribution in [1.29, 1.82) is 0 Å². The summed E-state index contributed by atoms with van der Waals surface area (Å²) in [5.74, 6) is -0.703. The summed E-state index contributed by atoms with van der Waals surface area (Å²) in [6, 6.07) is 24.6. The van der Waals surface area contributed by atoms with Gasteiger partial charge in [0, 0.05) is 69.6 Å². The number of carbonyl (C=O) groups excluding carboxylic acids is 6. The minimum Gasteiger partial charge on any atom is -0.368 e. The first-order valence-electron chi connectivity index (χ1n) is 23.4. The standard InChI is InChI=1S/C52H66N12O6/c1-32(60(6)7)49(67)62(9)33(2)50(68)63(10)34(3)51(69)64(31-45(53)65)27-12-11-26-61(8)52(70)38-19-15-36(16-20-38)47-56-42-24-22-40(30-44(42)58-47)39-21-23-41-43(29-39)57-46(55-41)35-13-17-37(18-14-35)48(66)54-25-28-59(4)5/h13-24,29-30,32-34H,11-12,25-28,31H2,1-10H3,(H2,53,65)(H,54,66)(H,55,57)(H,56,58)/t32-,33-,34-/m0/s1. The smallest absolute Gasteiger partial charge is 0.253 e. The van der Waals surface area contributed by atoms with Crippen molar-refractivity contribution < 1.29 is 28.8 Å². The maximum atomic E-state index is 13.6. The minimum absolute atomic E-state index is 0.112. The highest BCUT2D eigenvalue weighted by Gasteiger charge is 2.34. The van der Waals surface area contributed by atoms with Gasteiger partial charge in [-0.3, -0.25) is 33.7 Å². The van der Waals surface area contributed by atoms with Crippen LogP contribution < -0.4 is 11.1 Å². The van der Waals surface area contributed by atoms with Crippen LogP contribution in [0.4, 0.5) is 0 Å². The molecule has 0 aliphatic heterocycles. The van der Waals surface area contributed by atoms with Gasteiger partial charge in [0.2, 0.25) is 23.6 Å². The molecule has 6 rings (SSSR count). The molecule has 2 aromatic heterocycles. The van der Waals surface area contributed by atoms with Gasteiger partial charge in [0.15, 0.2) is 0 Å². The van der Waals surface area contributed by atoms with E-state index in [4.69, 9.17) is 15.7 Å². The topological polar surface area (TPSA) is 217 Å². The fourth-order valence-electron chi connectivity index (χ4n) is 7.91. The van der Waals surface area contributed by atoms with Crippen molar-refractivity contribution in [3.05, 3.63) is 96.1 Å². The van der Waals surface area contributed by atoms with Crippen molar-refractivity contribution in [2.75, 3.05) is 82.1 Å². The van der Waals surface area contributed by atoms with E-state index < -0.39 is 35.8 Å². The summed E-state index contributed by atoms with van der Waals surface area (Å²) in [7, 11) is 12.3. The number of amides is 6. The Morgan fingerprint density at radius 1 is 0.571 bits per heavy atom. The largest absolute Gasteiger partial charge is 0.368 e. The number of carbonyl (C=O) groups is 6. The molecule has 6 aromatic rings. The molecule has 0 fully saturated rings. The van der Waals surface area contributed by atoms with E-state index in [0.29, 0.717) is 48.7 Å². The molecule has 18 heteroatoms. The molecule has 0 unspecified atom stereocenters. The third-order valence-corrected chi connectivity index (χ3v) is 12.9. The second kappa shape index (κ2) is 22.8. The summed E-state index contributed by atoms with van der Waals surface area (Å²) >= 11 is 0. The first-order chi connectivity index (χ1) is 33.2. The van der Waals surface area contributed by atoms with E-state index in [1.54, 1.807) is 83.0 Å². The number of aromatic amines is 2. The van der Waals surface area contributed by atoms with Gasteiger partial charge >= 0.3 is 0 Å².